The molecule has 2 aliphatic carbocycles. The second-order valence-electron chi connectivity index (χ2n) is 5.09. The van der Waals surface area contributed by atoms with E-state index in [0.717, 1.165) is 0 Å². The molecule has 0 bridgehead atoms. The molecule has 0 radical (unpaired) electrons. The van der Waals surface area contributed by atoms with Crippen LogP contribution < -0.4 is 22.5 Å². The molecule has 138 valence electrons. The Balaban J connectivity index is -0.000000308. The summed E-state index contributed by atoms with van der Waals surface area (Å²) in [7, 11) is 0. The number of quaternary nitrogens is 2. The molecule has 0 unspecified atom stereocenters. The van der Waals surface area contributed by atoms with Crippen LogP contribution in [0.4, 0.5) is 0 Å². The summed E-state index contributed by atoms with van der Waals surface area (Å²) in [6.45, 7) is 0. The Morgan fingerprint density at radius 2 is 1.00 bits per heavy atom. The first-order chi connectivity index (χ1) is 9.19. The summed E-state index contributed by atoms with van der Waals surface area (Å²) in [5.41, 5.74) is -2.89. The zero-order valence-electron chi connectivity index (χ0n) is 13.0. The van der Waals surface area contributed by atoms with Crippen molar-refractivity contribution in [1.82, 2.24) is 12.3 Å². The first kappa shape index (κ1) is 26.4. The number of carboxylic acid groups (broad SMARTS) is 4. The number of carbonyl (C=O) groups is 2. The second kappa shape index (κ2) is 9.59. The molecule has 2 fully saturated rings. The van der Waals surface area contributed by atoms with Gasteiger partial charge in [-0.25, -0.2) is 0 Å². The minimum atomic E-state index is -1.44. The van der Waals surface area contributed by atoms with Gasteiger partial charge in [-0.05, 0) is 38.5 Å². The Kier molecular flexibility index (Phi) is 11.0. The molecular weight excluding hydrogens is 495 g/mol. The second-order valence-corrected chi connectivity index (χ2v) is 5.09. The SMILES string of the molecule is O=C(O)C1(C([O-])=[OH+])CCC1.O=C(O)C1(C([O-])=[OH+])CCC1.[NH4+].[NH4+].[Pt]. The van der Waals surface area contributed by atoms with E-state index in [2.05, 4.69) is 0 Å². The molecule has 0 aromatic heterocycles. The molecule has 2 rings (SSSR count). The van der Waals surface area contributed by atoms with Crippen molar-refractivity contribution >= 4 is 23.9 Å². The fourth-order valence-corrected chi connectivity index (χ4v) is 2.10. The Bertz CT molecular complexity index is 386. The molecule has 11 heteroatoms. The summed E-state index contributed by atoms with van der Waals surface area (Å²) >= 11 is 0. The molecule has 0 aliphatic heterocycles. The van der Waals surface area contributed by atoms with E-state index in [-0.39, 0.29) is 59.0 Å². The topological polar surface area (TPSA) is 237 Å². The van der Waals surface area contributed by atoms with Gasteiger partial charge >= 0.3 is 23.9 Å². The summed E-state index contributed by atoms with van der Waals surface area (Å²) in [4.78, 5) is 37.7. The van der Waals surface area contributed by atoms with Crippen molar-refractivity contribution in [2.45, 2.75) is 38.5 Å². The minimum absolute atomic E-state index is 0. The van der Waals surface area contributed by atoms with Crippen LogP contribution in [0, 0.1) is 10.8 Å². The van der Waals surface area contributed by atoms with E-state index >= 15 is 0 Å². The Hall–Kier alpha value is -1.51. The zero-order valence-corrected chi connectivity index (χ0v) is 15.3. The molecule has 0 heterocycles. The third kappa shape index (κ3) is 4.73. The van der Waals surface area contributed by atoms with Gasteiger partial charge in [0.2, 0.25) is 0 Å². The molecule has 0 aromatic carbocycles. The Morgan fingerprint density at radius 1 is 0.783 bits per heavy atom. The van der Waals surface area contributed by atoms with Gasteiger partial charge in [0.25, 0.3) is 0 Å². The van der Waals surface area contributed by atoms with E-state index in [4.69, 9.17) is 19.8 Å². The van der Waals surface area contributed by atoms with E-state index in [1.54, 1.807) is 0 Å². The van der Waals surface area contributed by atoms with Crippen LogP contribution in [0.2, 0.25) is 0 Å². The smallest absolute Gasteiger partial charge is 0.321 e. The third-order valence-corrected chi connectivity index (χ3v) is 4.05. The third-order valence-electron chi connectivity index (χ3n) is 4.05. The van der Waals surface area contributed by atoms with Crippen molar-refractivity contribution in [3.05, 3.63) is 0 Å². The molecule has 0 spiro atoms. The molecule has 2 aliphatic rings. The largest absolute Gasteiger partial charge is 0.480 e. The standard InChI is InChI=1S/2C6H8O4.2H3N.Pt/c2*7-4(8)6(5(9)10)2-1-3-6;;;/h2*1-3H2,(H,7,8)(H,9,10);2*1H3;/p+2. The van der Waals surface area contributed by atoms with E-state index in [9.17, 15) is 19.8 Å². The summed E-state index contributed by atoms with van der Waals surface area (Å²) in [6.07, 6.45) is 2.52. The van der Waals surface area contributed by atoms with Crippen LogP contribution in [-0.4, -0.2) is 43.7 Å². The summed E-state index contributed by atoms with van der Waals surface area (Å²) in [6, 6.07) is 0. The predicted molar refractivity (Wildman–Crippen MR) is 73.7 cm³/mol. The van der Waals surface area contributed by atoms with Gasteiger partial charge in [0.05, 0.1) is 0 Å². The average molecular weight is 519 g/mol. The van der Waals surface area contributed by atoms with Crippen LogP contribution in [0.3, 0.4) is 0 Å². The fourth-order valence-electron chi connectivity index (χ4n) is 2.10. The molecule has 0 aromatic rings. The van der Waals surface area contributed by atoms with E-state index in [1.807, 2.05) is 0 Å². The minimum Gasteiger partial charge on any atom is -0.480 e. The average Bonchev–Trinajstić information content (AvgIpc) is 2.10. The molecule has 0 atom stereocenters. The maximum absolute atomic E-state index is 10.4. The van der Waals surface area contributed by atoms with Crippen molar-refractivity contribution in [2.24, 2.45) is 10.8 Å². The van der Waals surface area contributed by atoms with E-state index in [0.29, 0.717) is 12.8 Å². The summed E-state index contributed by atoms with van der Waals surface area (Å²) in [5, 5.41) is 37.7. The normalized spacial score (nSPS) is 18.4. The molecule has 23 heavy (non-hydrogen) atoms. The van der Waals surface area contributed by atoms with Gasteiger partial charge in [-0.15, -0.1) is 0 Å². The van der Waals surface area contributed by atoms with Gasteiger partial charge in [-0.1, -0.05) is 0 Å². The quantitative estimate of drug-likeness (QED) is 0.259. The maximum atomic E-state index is 10.4. The maximum Gasteiger partial charge on any atom is 0.321 e. The van der Waals surface area contributed by atoms with Gasteiger partial charge in [0.1, 0.15) is 0 Å². The van der Waals surface area contributed by atoms with Crippen molar-refractivity contribution in [2.75, 3.05) is 0 Å². The van der Waals surface area contributed by atoms with Crippen LogP contribution in [0.25, 0.3) is 0 Å². The fraction of sp³-hybridized carbons (Fsp3) is 0.667. The molecule has 0 saturated heterocycles. The van der Waals surface area contributed by atoms with Gasteiger partial charge in [-0.2, -0.15) is 0 Å². The van der Waals surface area contributed by atoms with Crippen molar-refractivity contribution in [1.29, 1.82) is 0 Å². The van der Waals surface area contributed by atoms with Gasteiger partial charge in [0, 0.05) is 21.1 Å². The monoisotopic (exact) mass is 519 g/mol. The van der Waals surface area contributed by atoms with Crippen molar-refractivity contribution < 1.29 is 60.7 Å². The number of carboxylic acids is 4. The molecule has 0 amide bonds. The molecule has 12 N–H and O–H groups in total. The van der Waals surface area contributed by atoms with Crippen LogP contribution in [0.15, 0.2) is 0 Å². The van der Waals surface area contributed by atoms with E-state index in [1.165, 1.54) is 0 Å². The first-order valence-corrected chi connectivity index (χ1v) is 6.13. The zero-order chi connectivity index (χ0) is 15.6. The molecular formula is C12H24N2O8Pt+2. The van der Waals surface area contributed by atoms with Gasteiger partial charge in [0.15, 0.2) is 10.8 Å². The van der Waals surface area contributed by atoms with Crippen molar-refractivity contribution in [3.63, 3.8) is 0 Å². The van der Waals surface area contributed by atoms with Crippen LogP contribution >= 0.6 is 0 Å². The van der Waals surface area contributed by atoms with Crippen LogP contribution in [-0.2, 0) is 30.7 Å². The van der Waals surface area contributed by atoms with Crippen molar-refractivity contribution in [3.8, 4) is 0 Å². The number of hydrogen-bond donors (Lipinski definition) is 4. The number of carbonyl (C=O) groups excluding carboxylic acids is 2. The summed E-state index contributed by atoms with van der Waals surface area (Å²) < 4.78 is 0. The van der Waals surface area contributed by atoms with Crippen LogP contribution in [0.5, 0.6) is 0 Å². The predicted octanol–water partition coefficient (Wildman–Crippen LogP) is -1.32. The summed E-state index contributed by atoms with van der Waals surface area (Å²) in [5.74, 6) is -4.81. The van der Waals surface area contributed by atoms with Gasteiger partial charge in [-0.3, -0.25) is 19.8 Å². The van der Waals surface area contributed by atoms with Gasteiger partial charge < -0.3 is 32.1 Å². The molecule has 10 nitrogen and oxygen atoms in total. The number of hydrogen-bond acceptors (Lipinski definition) is 4. The number of aliphatic carboxylic acids is 4. The van der Waals surface area contributed by atoms with E-state index < -0.39 is 34.7 Å². The Labute approximate surface area is 146 Å². The van der Waals surface area contributed by atoms with Crippen LogP contribution in [0.1, 0.15) is 38.5 Å². The first-order valence-electron chi connectivity index (χ1n) is 6.13. The molecule has 2 saturated carbocycles. The number of rotatable bonds is 4. The Morgan fingerprint density at radius 3 is 1.00 bits per heavy atom.